The van der Waals surface area contributed by atoms with Crippen LogP contribution in [0.2, 0.25) is 0 Å². The van der Waals surface area contributed by atoms with Gasteiger partial charge in [0, 0.05) is 20.2 Å². The molecule has 1 aromatic rings. The monoisotopic (exact) mass is 246 g/mol. The molecule has 6 heteroatoms. The summed E-state index contributed by atoms with van der Waals surface area (Å²) in [5.74, 6) is 0.463. The summed E-state index contributed by atoms with van der Waals surface area (Å²) >= 11 is 0. The first-order valence-electron chi connectivity index (χ1n) is 4.62. The van der Waals surface area contributed by atoms with E-state index in [2.05, 4.69) is 0 Å². The van der Waals surface area contributed by atoms with Crippen molar-refractivity contribution in [2.45, 2.75) is 6.54 Å². The fraction of sp³-hybridized carbons (Fsp3) is 0.400. The molecule has 0 aliphatic heterocycles. The molecular formula is C10H15ClN2O3. The van der Waals surface area contributed by atoms with Crippen molar-refractivity contribution in [3.63, 3.8) is 0 Å². The number of carbonyl (C=O) groups excluding carboxylic acids is 1. The summed E-state index contributed by atoms with van der Waals surface area (Å²) in [6.45, 7) is 0.531. The van der Waals surface area contributed by atoms with Gasteiger partial charge in [0.15, 0.2) is 18.5 Å². The van der Waals surface area contributed by atoms with E-state index in [1.165, 1.54) is 4.90 Å². The molecule has 1 heterocycles. The van der Waals surface area contributed by atoms with Crippen molar-refractivity contribution in [1.82, 2.24) is 4.90 Å². The van der Waals surface area contributed by atoms with Gasteiger partial charge >= 0.3 is 6.09 Å². The Morgan fingerprint density at radius 2 is 2.25 bits per heavy atom. The summed E-state index contributed by atoms with van der Waals surface area (Å²) in [6.07, 6.45) is 3.04. The first-order chi connectivity index (χ1) is 7.13. The van der Waals surface area contributed by atoms with Crippen LogP contribution < -0.4 is 21.7 Å². The lowest BCUT2D eigenvalue weighted by molar-refractivity contribution is -0.698. The van der Waals surface area contributed by atoms with Gasteiger partial charge < -0.3 is 27.2 Å². The summed E-state index contributed by atoms with van der Waals surface area (Å²) < 4.78 is 6.80. The van der Waals surface area contributed by atoms with E-state index in [0.29, 0.717) is 12.3 Å². The smallest absolute Gasteiger partial charge is 0.414 e. The van der Waals surface area contributed by atoms with Crippen LogP contribution in [-0.2, 0) is 6.54 Å². The van der Waals surface area contributed by atoms with Crippen LogP contribution in [0.1, 0.15) is 0 Å². The van der Waals surface area contributed by atoms with Crippen LogP contribution in [0.15, 0.2) is 24.5 Å². The van der Waals surface area contributed by atoms with Crippen LogP contribution in [0.3, 0.4) is 0 Å². The van der Waals surface area contributed by atoms with Crippen molar-refractivity contribution < 1.29 is 31.6 Å². The Morgan fingerprint density at radius 3 is 2.81 bits per heavy atom. The van der Waals surface area contributed by atoms with Crippen LogP contribution in [-0.4, -0.2) is 36.8 Å². The van der Waals surface area contributed by atoms with Crippen molar-refractivity contribution in [2.75, 3.05) is 20.7 Å². The summed E-state index contributed by atoms with van der Waals surface area (Å²) in [5.41, 5.74) is 0. The molecule has 1 rings (SSSR count). The molecule has 0 atom stereocenters. The third kappa shape index (κ3) is 4.46. The lowest BCUT2D eigenvalue weighted by Gasteiger charge is -2.09. The number of nitrogens with zero attached hydrogens (tertiary/aromatic N) is 2. The van der Waals surface area contributed by atoms with Gasteiger partial charge in [0.2, 0.25) is 6.20 Å². The largest absolute Gasteiger partial charge is 1.00 e. The third-order valence-corrected chi connectivity index (χ3v) is 1.76. The Morgan fingerprint density at radius 1 is 1.56 bits per heavy atom. The Kier molecular flexibility index (Phi) is 6.44. The maximum Gasteiger partial charge on any atom is 0.414 e. The van der Waals surface area contributed by atoms with E-state index in [1.807, 2.05) is 0 Å². The maximum absolute atomic E-state index is 11.2. The number of rotatable bonds is 3. The van der Waals surface area contributed by atoms with Gasteiger partial charge in [-0.3, -0.25) is 0 Å². The Labute approximate surface area is 101 Å². The Balaban J connectivity index is 0.00000225. The molecule has 0 aliphatic rings. The number of ether oxygens (including phenoxy) is 1. The highest BCUT2D eigenvalue weighted by Crippen LogP contribution is 2.06. The molecule has 0 radical (unpaired) electrons. The lowest BCUT2D eigenvalue weighted by atomic mass is 10.4. The van der Waals surface area contributed by atoms with E-state index in [-0.39, 0.29) is 19.0 Å². The number of pyridine rings is 1. The number of halogens is 1. The molecule has 0 spiro atoms. The minimum Gasteiger partial charge on any atom is -1.00 e. The van der Waals surface area contributed by atoms with E-state index in [9.17, 15) is 4.79 Å². The molecular weight excluding hydrogens is 232 g/mol. The average molecular weight is 247 g/mol. The molecule has 1 N–H and O–H groups in total. The minimum atomic E-state index is -0.420. The van der Waals surface area contributed by atoms with E-state index in [1.54, 1.807) is 43.2 Å². The second-order valence-corrected chi connectivity index (χ2v) is 3.26. The standard InChI is InChI=1S/C10H15N2O3.ClH/c1-11(2)10(14)15-9-4-3-5-12(8-9)6-7-13;/h3-5,8,13H,6-7H2,1-2H3;1H/q+1;/p-1. The first kappa shape index (κ1) is 14.7. The second kappa shape index (κ2) is 7.03. The predicted octanol–water partition coefficient (Wildman–Crippen LogP) is -2.97. The van der Waals surface area contributed by atoms with Gasteiger partial charge in [0.25, 0.3) is 0 Å². The van der Waals surface area contributed by atoms with Crippen molar-refractivity contribution in [3.8, 4) is 5.75 Å². The van der Waals surface area contributed by atoms with Crippen molar-refractivity contribution in [2.24, 2.45) is 0 Å². The molecule has 0 saturated carbocycles. The Hall–Kier alpha value is -1.33. The fourth-order valence-corrected chi connectivity index (χ4v) is 1.00. The van der Waals surface area contributed by atoms with Crippen LogP contribution in [0.5, 0.6) is 5.75 Å². The van der Waals surface area contributed by atoms with Gasteiger partial charge in [-0.05, 0) is 6.07 Å². The molecule has 1 aromatic heterocycles. The molecule has 0 aromatic carbocycles. The van der Waals surface area contributed by atoms with Gasteiger partial charge in [0.1, 0.15) is 6.61 Å². The summed E-state index contributed by atoms with van der Waals surface area (Å²) in [7, 11) is 3.24. The number of hydrogen-bond acceptors (Lipinski definition) is 3. The summed E-state index contributed by atoms with van der Waals surface area (Å²) in [4.78, 5) is 12.6. The van der Waals surface area contributed by atoms with E-state index >= 15 is 0 Å². The predicted molar refractivity (Wildman–Crippen MR) is 53.4 cm³/mol. The maximum atomic E-state index is 11.2. The molecule has 16 heavy (non-hydrogen) atoms. The zero-order chi connectivity index (χ0) is 11.3. The lowest BCUT2D eigenvalue weighted by Crippen LogP contribution is -3.00. The number of aliphatic hydroxyl groups is 1. The van der Waals surface area contributed by atoms with Crippen molar-refractivity contribution in [3.05, 3.63) is 24.5 Å². The number of amides is 1. The molecule has 90 valence electrons. The summed E-state index contributed by atoms with van der Waals surface area (Å²) in [6, 6.07) is 3.45. The SMILES string of the molecule is CN(C)C(=O)Oc1ccc[n+](CCO)c1.[Cl-]. The van der Waals surface area contributed by atoms with E-state index < -0.39 is 6.09 Å². The van der Waals surface area contributed by atoms with Gasteiger partial charge in [-0.1, -0.05) is 0 Å². The first-order valence-corrected chi connectivity index (χ1v) is 4.62. The molecule has 0 fully saturated rings. The highest BCUT2D eigenvalue weighted by molar-refractivity contribution is 5.69. The minimum absolute atomic E-state index is 0. The molecule has 0 aliphatic carbocycles. The molecule has 5 nitrogen and oxygen atoms in total. The highest BCUT2D eigenvalue weighted by atomic mass is 35.5. The number of hydrogen-bond donors (Lipinski definition) is 1. The van der Waals surface area contributed by atoms with Crippen LogP contribution in [0.4, 0.5) is 4.79 Å². The summed E-state index contributed by atoms with van der Waals surface area (Å²) in [5, 5.41) is 8.74. The van der Waals surface area contributed by atoms with Gasteiger partial charge in [-0.2, -0.15) is 4.57 Å². The highest BCUT2D eigenvalue weighted by Gasteiger charge is 2.09. The van der Waals surface area contributed by atoms with Crippen LogP contribution >= 0.6 is 0 Å². The van der Waals surface area contributed by atoms with Crippen molar-refractivity contribution >= 4 is 6.09 Å². The second-order valence-electron chi connectivity index (χ2n) is 3.26. The van der Waals surface area contributed by atoms with Crippen LogP contribution in [0, 0.1) is 0 Å². The average Bonchev–Trinajstić information content (AvgIpc) is 2.18. The van der Waals surface area contributed by atoms with Crippen molar-refractivity contribution in [1.29, 1.82) is 0 Å². The van der Waals surface area contributed by atoms with Gasteiger partial charge in [0.05, 0.1) is 0 Å². The Bertz CT molecular complexity index is 345. The number of carbonyl (C=O) groups is 1. The normalized spacial score (nSPS) is 9.19. The molecule has 0 unspecified atom stereocenters. The third-order valence-electron chi connectivity index (χ3n) is 1.76. The fourth-order valence-electron chi connectivity index (χ4n) is 1.00. The zero-order valence-electron chi connectivity index (χ0n) is 9.26. The van der Waals surface area contributed by atoms with Gasteiger partial charge in [-0.25, -0.2) is 4.79 Å². The number of aliphatic hydroxyl groups excluding tert-OH is 1. The van der Waals surface area contributed by atoms with Gasteiger partial charge in [-0.15, -0.1) is 0 Å². The van der Waals surface area contributed by atoms with E-state index in [0.717, 1.165) is 0 Å². The molecule has 1 amide bonds. The van der Waals surface area contributed by atoms with E-state index in [4.69, 9.17) is 9.84 Å². The van der Waals surface area contributed by atoms with Crippen LogP contribution in [0.25, 0.3) is 0 Å². The quantitative estimate of drug-likeness (QED) is 0.580. The molecule has 0 saturated heterocycles. The number of aromatic nitrogens is 1. The molecule has 0 bridgehead atoms. The topological polar surface area (TPSA) is 53.7 Å². The zero-order valence-corrected chi connectivity index (χ0v) is 10.0.